The molecule has 3 aromatic rings. The maximum Gasteiger partial charge on any atom is 0.296 e. The summed E-state index contributed by atoms with van der Waals surface area (Å²) in [6.07, 6.45) is 0. The lowest BCUT2D eigenvalue weighted by Crippen LogP contribution is -2.28. The number of aryl methyl sites for hydroxylation is 1. The number of aliphatic hydroxyl groups is 1. The average molecular weight is 423 g/mol. The molecular formula is C22H17NO6S. The predicted molar refractivity (Wildman–Crippen MR) is 108 cm³/mol. The van der Waals surface area contributed by atoms with E-state index in [1.807, 2.05) is 17.5 Å². The molecule has 4 heterocycles. The summed E-state index contributed by atoms with van der Waals surface area (Å²) in [5, 5.41) is 13.0. The van der Waals surface area contributed by atoms with Gasteiger partial charge in [-0.15, -0.1) is 11.3 Å². The molecule has 0 spiro atoms. The van der Waals surface area contributed by atoms with Crippen LogP contribution in [0.1, 0.15) is 28.0 Å². The Hall–Kier alpha value is -3.52. The van der Waals surface area contributed by atoms with Crippen LogP contribution in [0.3, 0.4) is 0 Å². The SMILES string of the molecule is Cc1ccc(C2/C(=C(/O)c3ccc4c(c3)OCO4)C(=O)C(=O)N2Cc2cccs2)o1. The number of aliphatic hydroxyl groups excluding tert-OH is 1. The van der Waals surface area contributed by atoms with E-state index in [0.29, 0.717) is 28.6 Å². The Morgan fingerprint density at radius 2 is 2.00 bits per heavy atom. The molecule has 7 nitrogen and oxygen atoms in total. The summed E-state index contributed by atoms with van der Waals surface area (Å²) in [6, 6.07) is 11.3. The van der Waals surface area contributed by atoms with Crippen molar-refractivity contribution in [2.75, 3.05) is 6.79 Å². The first-order chi connectivity index (χ1) is 14.5. The molecule has 1 aromatic carbocycles. The fourth-order valence-corrected chi connectivity index (χ4v) is 4.41. The lowest BCUT2D eigenvalue weighted by Gasteiger charge is -2.22. The number of furan rings is 1. The third kappa shape index (κ3) is 2.96. The van der Waals surface area contributed by atoms with Crippen LogP contribution in [0.4, 0.5) is 0 Å². The maximum atomic E-state index is 13.0. The molecular weight excluding hydrogens is 406 g/mol. The molecule has 0 saturated carbocycles. The Morgan fingerprint density at radius 3 is 2.73 bits per heavy atom. The minimum Gasteiger partial charge on any atom is -0.507 e. The van der Waals surface area contributed by atoms with Crippen LogP contribution in [0.25, 0.3) is 5.76 Å². The van der Waals surface area contributed by atoms with E-state index in [1.165, 1.54) is 16.2 Å². The van der Waals surface area contributed by atoms with Crippen LogP contribution in [0.5, 0.6) is 11.5 Å². The van der Waals surface area contributed by atoms with Crippen molar-refractivity contribution in [1.29, 1.82) is 0 Å². The molecule has 1 fully saturated rings. The van der Waals surface area contributed by atoms with Gasteiger partial charge in [0.2, 0.25) is 6.79 Å². The van der Waals surface area contributed by atoms with Gasteiger partial charge in [0.25, 0.3) is 11.7 Å². The number of ether oxygens (including phenoxy) is 2. The van der Waals surface area contributed by atoms with Crippen molar-refractivity contribution >= 4 is 28.8 Å². The quantitative estimate of drug-likeness (QED) is 0.388. The van der Waals surface area contributed by atoms with Gasteiger partial charge in [0, 0.05) is 10.4 Å². The largest absolute Gasteiger partial charge is 0.507 e. The fourth-order valence-electron chi connectivity index (χ4n) is 3.71. The molecule has 0 bridgehead atoms. The molecule has 2 aromatic heterocycles. The normalized spacial score (nSPS) is 19.6. The van der Waals surface area contributed by atoms with E-state index in [4.69, 9.17) is 13.9 Å². The standard InChI is InChI=1S/C22H17NO6S/c1-12-4-6-16(29-12)19-18(20(24)13-5-7-15-17(9-13)28-11-27-15)21(25)22(26)23(19)10-14-3-2-8-30-14/h2-9,19,24H,10-11H2,1H3/b20-18-. The van der Waals surface area contributed by atoms with Crippen LogP contribution in [-0.2, 0) is 16.1 Å². The van der Waals surface area contributed by atoms with Gasteiger partial charge in [-0.1, -0.05) is 6.07 Å². The van der Waals surface area contributed by atoms with E-state index >= 15 is 0 Å². The van der Waals surface area contributed by atoms with Gasteiger partial charge in [0.1, 0.15) is 23.3 Å². The molecule has 1 N–H and O–H groups in total. The summed E-state index contributed by atoms with van der Waals surface area (Å²) < 4.78 is 16.4. The van der Waals surface area contributed by atoms with Crippen LogP contribution in [-0.4, -0.2) is 28.5 Å². The van der Waals surface area contributed by atoms with Gasteiger partial charge in [-0.05, 0) is 48.7 Å². The van der Waals surface area contributed by atoms with Crippen molar-refractivity contribution in [2.45, 2.75) is 19.5 Å². The first kappa shape index (κ1) is 18.5. The van der Waals surface area contributed by atoms with Crippen molar-refractivity contribution in [3.05, 3.63) is 75.4 Å². The predicted octanol–water partition coefficient (Wildman–Crippen LogP) is 4.00. The monoisotopic (exact) mass is 423 g/mol. The number of Topliss-reactive ketones (excluding diaryl/α,β-unsaturated/α-hetero) is 1. The van der Waals surface area contributed by atoms with Gasteiger partial charge in [0.05, 0.1) is 12.1 Å². The molecule has 2 aliphatic rings. The molecule has 1 atom stereocenters. The Labute approximate surface area is 175 Å². The average Bonchev–Trinajstić information content (AvgIpc) is 3.52. The number of carbonyl (C=O) groups excluding carboxylic acids is 2. The molecule has 30 heavy (non-hydrogen) atoms. The van der Waals surface area contributed by atoms with Gasteiger partial charge < -0.3 is 23.9 Å². The number of nitrogens with zero attached hydrogens (tertiary/aromatic N) is 1. The lowest BCUT2D eigenvalue weighted by molar-refractivity contribution is -0.140. The van der Waals surface area contributed by atoms with E-state index in [0.717, 1.165) is 4.88 Å². The summed E-state index contributed by atoms with van der Waals surface area (Å²) in [4.78, 5) is 28.2. The molecule has 2 aliphatic heterocycles. The van der Waals surface area contributed by atoms with Gasteiger partial charge in [-0.3, -0.25) is 9.59 Å². The van der Waals surface area contributed by atoms with Crippen LogP contribution >= 0.6 is 11.3 Å². The summed E-state index contributed by atoms with van der Waals surface area (Å²) >= 11 is 1.49. The van der Waals surface area contributed by atoms with Crippen LogP contribution in [0.2, 0.25) is 0 Å². The smallest absolute Gasteiger partial charge is 0.296 e. The first-order valence-corrected chi connectivity index (χ1v) is 10.2. The zero-order valence-electron chi connectivity index (χ0n) is 16.0. The number of rotatable bonds is 4. The van der Waals surface area contributed by atoms with E-state index < -0.39 is 17.7 Å². The highest BCUT2D eigenvalue weighted by molar-refractivity contribution is 7.09. The van der Waals surface area contributed by atoms with Crippen molar-refractivity contribution in [3.63, 3.8) is 0 Å². The third-order valence-electron chi connectivity index (χ3n) is 5.12. The third-order valence-corrected chi connectivity index (χ3v) is 5.98. The topological polar surface area (TPSA) is 89.2 Å². The molecule has 0 aliphatic carbocycles. The van der Waals surface area contributed by atoms with Gasteiger partial charge >= 0.3 is 0 Å². The number of hydrogen-bond acceptors (Lipinski definition) is 7. The Morgan fingerprint density at radius 1 is 1.17 bits per heavy atom. The number of likely N-dealkylation sites (tertiary alicyclic amines) is 1. The van der Waals surface area contributed by atoms with E-state index in [1.54, 1.807) is 37.3 Å². The highest BCUT2D eigenvalue weighted by atomic mass is 32.1. The van der Waals surface area contributed by atoms with Crippen LogP contribution < -0.4 is 9.47 Å². The first-order valence-electron chi connectivity index (χ1n) is 9.30. The molecule has 152 valence electrons. The Balaban J connectivity index is 1.63. The summed E-state index contributed by atoms with van der Waals surface area (Å²) in [5.41, 5.74) is 0.353. The van der Waals surface area contributed by atoms with Gasteiger partial charge in [-0.25, -0.2) is 0 Å². The minimum absolute atomic E-state index is 0.00947. The number of fused-ring (bicyclic) bond motifs is 1. The van der Waals surface area contributed by atoms with Crippen LogP contribution in [0, 0.1) is 6.92 Å². The Kier molecular flexibility index (Phi) is 4.36. The molecule has 5 rings (SSSR count). The summed E-state index contributed by atoms with van der Waals surface area (Å²) in [7, 11) is 0. The number of amides is 1. The van der Waals surface area contributed by atoms with Crippen molar-refractivity contribution in [2.24, 2.45) is 0 Å². The number of carbonyl (C=O) groups is 2. The second-order valence-electron chi connectivity index (χ2n) is 7.02. The maximum absolute atomic E-state index is 13.0. The molecule has 0 radical (unpaired) electrons. The number of thiophene rings is 1. The van der Waals surface area contributed by atoms with Crippen LogP contribution in [0.15, 0.2) is 57.8 Å². The van der Waals surface area contributed by atoms with Gasteiger partial charge in [-0.2, -0.15) is 0 Å². The second kappa shape index (κ2) is 7.07. The highest BCUT2D eigenvalue weighted by Crippen LogP contribution is 2.42. The minimum atomic E-state index is -0.828. The van der Waals surface area contributed by atoms with Gasteiger partial charge in [0.15, 0.2) is 11.5 Å². The highest BCUT2D eigenvalue weighted by Gasteiger charge is 2.47. The number of ketones is 1. The number of benzene rings is 1. The second-order valence-corrected chi connectivity index (χ2v) is 8.06. The van der Waals surface area contributed by atoms with E-state index in [9.17, 15) is 14.7 Å². The number of hydrogen-bond donors (Lipinski definition) is 1. The molecule has 8 heteroatoms. The van der Waals surface area contributed by atoms with Crippen molar-refractivity contribution in [1.82, 2.24) is 4.90 Å². The molecule has 1 unspecified atom stereocenters. The van der Waals surface area contributed by atoms with E-state index in [-0.39, 0.29) is 24.7 Å². The molecule has 1 amide bonds. The Bertz CT molecular complexity index is 1180. The van der Waals surface area contributed by atoms with Crippen molar-refractivity contribution in [3.8, 4) is 11.5 Å². The molecule has 1 saturated heterocycles. The fraction of sp³-hybridized carbons (Fsp3) is 0.182. The summed E-state index contributed by atoms with van der Waals surface area (Å²) in [6.45, 7) is 2.12. The summed E-state index contributed by atoms with van der Waals surface area (Å²) in [5.74, 6) is 0.394. The lowest BCUT2D eigenvalue weighted by atomic mass is 9.99. The van der Waals surface area contributed by atoms with Crippen molar-refractivity contribution < 1.29 is 28.6 Å². The zero-order chi connectivity index (χ0) is 20.8. The zero-order valence-corrected chi connectivity index (χ0v) is 16.8. The van der Waals surface area contributed by atoms with E-state index in [2.05, 4.69) is 0 Å².